The number of hydrogen-bond donors (Lipinski definition) is 2. The Bertz CT molecular complexity index is 79.6. The van der Waals surface area contributed by atoms with E-state index in [1.807, 2.05) is 14.1 Å². The molecule has 0 bridgehead atoms. The second-order valence-electron chi connectivity index (χ2n) is 3.03. The highest BCUT2D eigenvalue weighted by Crippen LogP contribution is 2.11. The number of nitrogens with one attached hydrogen (secondary N) is 2. The number of likely N-dealkylation sites (N-methyl/N-ethyl adjacent to an activating group) is 2. The Morgan fingerprint density at radius 1 is 1.09 bits per heavy atom. The van der Waals surface area contributed by atoms with Crippen molar-refractivity contribution in [3.63, 3.8) is 0 Å². The molecule has 0 spiro atoms. The predicted molar refractivity (Wildman–Crippen MR) is 50.8 cm³/mol. The summed E-state index contributed by atoms with van der Waals surface area (Å²) in [6, 6.07) is 0.634. The van der Waals surface area contributed by atoms with Gasteiger partial charge in [-0.2, -0.15) is 0 Å². The summed E-state index contributed by atoms with van der Waals surface area (Å²) in [6.07, 6.45) is 2.54. The minimum atomic E-state index is 0.634. The van der Waals surface area contributed by atoms with E-state index in [0.717, 1.165) is 12.5 Å². The average molecular weight is 158 g/mol. The molecule has 0 radical (unpaired) electrons. The third-order valence-electron chi connectivity index (χ3n) is 2.41. The first-order valence-corrected chi connectivity index (χ1v) is 4.61. The van der Waals surface area contributed by atoms with Gasteiger partial charge in [-0.1, -0.05) is 26.7 Å². The van der Waals surface area contributed by atoms with Gasteiger partial charge in [-0.3, -0.25) is 0 Å². The summed E-state index contributed by atoms with van der Waals surface area (Å²) in [4.78, 5) is 0. The molecule has 0 aromatic rings. The van der Waals surface area contributed by atoms with Crippen molar-refractivity contribution in [3.8, 4) is 0 Å². The van der Waals surface area contributed by atoms with E-state index in [0.29, 0.717) is 6.04 Å². The minimum absolute atomic E-state index is 0.634. The highest BCUT2D eigenvalue weighted by Gasteiger charge is 2.14. The molecule has 68 valence electrons. The van der Waals surface area contributed by atoms with Crippen LogP contribution in [0.15, 0.2) is 0 Å². The Morgan fingerprint density at radius 3 is 1.91 bits per heavy atom. The van der Waals surface area contributed by atoms with Crippen molar-refractivity contribution < 1.29 is 0 Å². The molecule has 2 N–H and O–H groups in total. The van der Waals surface area contributed by atoms with E-state index in [9.17, 15) is 0 Å². The predicted octanol–water partition coefficient (Wildman–Crippen LogP) is 1.23. The fourth-order valence-electron chi connectivity index (χ4n) is 1.58. The Balaban J connectivity index is 3.76. The molecule has 2 nitrogen and oxygen atoms in total. The van der Waals surface area contributed by atoms with Crippen molar-refractivity contribution in [3.05, 3.63) is 0 Å². The van der Waals surface area contributed by atoms with E-state index >= 15 is 0 Å². The molecule has 0 saturated heterocycles. The molecule has 1 atom stereocenters. The van der Waals surface area contributed by atoms with Gasteiger partial charge in [0.1, 0.15) is 0 Å². The van der Waals surface area contributed by atoms with E-state index in [4.69, 9.17) is 0 Å². The molecule has 0 heterocycles. The summed E-state index contributed by atoms with van der Waals surface area (Å²) >= 11 is 0. The second kappa shape index (κ2) is 6.62. The fourth-order valence-corrected chi connectivity index (χ4v) is 1.58. The van der Waals surface area contributed by atoms with Crippen molar-refractivity contribution >= 4 is 0 Å². The maximum absolute atomic E-state index is 3.34. The zero-order valence-corrected chi connectivity index (χ0v) is 8.28. The van der Waals surface area contributed by atoms with E-state index in [2.05, 4.69) is 24.5 Å². The van der Waals surface area contributed by atoms with Crippen molar-refractivity contribution in [2.24, 2.45) is 5.92 Å². The standard InChI is InChI=1S/C9H22N2/c1-5-8(6-2)9(11-4)7-10-3/h8-11H,5-7H2,1-4H3. The summed E-state index contributed by atoms with van der Waals surface area (Å²) in [6.45, 7) is 5.59. The van der Waals surface area contributed by atoms with Gasteiger partial charge in [0.25, 0.3) is 0 Å². The molecule has 0 aromatic heterocycles. The molecule has 0 fully saturated rings. The van der Waals surface area contributed by atoms with Gasteiger partial charge in [0.15, 0.2) is 0 Å². The number of rotatable bonds is 6. The Kier molecular flexibility index (Phi) is 6.57. The zero-order chi connectivity index (χ0) is 8.69. The van der Waals surface area contributed by atoms with Crippen LogP contribution in [0, 0.1) is 5.92 Å². The van der Waals surface area contributed by atoms with Crippen LogP contribution in [0.25, 0.3) is 0 Å². The van der Waals surface area contributed by atoms with Crippen LogP contribution in [-0.4, -0.2) is 26.7 Å². The highest BCUT2D eigenvalue weighted by molar-refractivity contribution is 4.74. The highest BCUT2D eigenvalue weighted by atomic mass is 14.9. The van der Waals surface area contributed by atoms with Crippen LogP contribution >= 0.6 is 0 Å². The molecule has 0 aliphatic rings. The first kappa shape index (κ1) is 10.9. The topological polar surface area (TPSA) is 24.1 Å². The van der Waals surface area contributed by atoms with Crippen LogP contribution in [0.3, 0.4) is 0 Å². The second-order valence-corrected chi connectivity index (χ2v) is 3.03. The molecule has 0 amide bonds. The molecular formula is C9H22N2. The van der Waals surface area contributed by atoms with Crippen molar-refractivity contribution in [1.82, 2.24) is 10.6 Å². The Hall–Kier alpha value is -0.0800. The quantitative estimate of drug-likeness (QED) is 0.607. The van der Waals surface area contributed by atoms with Gasteiger partial charge >= 0.3 is 0 Å². The Labute approximate surface area is 70.8 Å². The molecular weight excluding hydrogens is 136 g/mol. The van der Waals surface area contributed by atoms with E-state index in [-0.39, 0.29) is 0 Å². The average Bonchev–Trinajstić information content (AvgIpc) is 2.05. The minimum Gasteiger partial charge on any atom is -0.318 e. The smallest absolute Gasteiger partial charge is 0.0217 e. The van der Waals surface area contributed by atoms with Crippen LogP contribution in [0.5, 0.6) is 0 Å². The van der Waals surface area contributed by atoms with Gasteiger partial charge in [0.2, 0.25) is 0 Å². The molecule has 0 aliphatic carbocycles. The number of hydrogen-bond acceptors (Lipinski definition) is 2. The van der Waals surface area contributed by atoms with E-state index in [1.54, 1.807) is 0 Å². The zero-order valence-electron chi connectivity index (χ0n) is 8.28. The van der Waals surface area contributed by atoms with Crippen LogP contribution in [-0.2, 0) is 0 Å². The summed E-state index contributed by atoms with van der Waals surface area (Å²) < 4.78 is 0. The van der Waals surface area contributed by atoms with Gasteiger partial charge in [-0.25, -0.2) is 0 Å². The lowest BCUT2D eigenvalue weighted by Gasteiger charge is -2.24. The monoisotopic (exact) mass is 158 g/mol. The normalized spacial score (nSPS) is 13.9. The summed E-state index contributed by atoms with van der Waals surface area (Å²) in [5.41, 5.74) is 0. The lowest BCUT2D eigenvalue weighted by molar-refractivity contribution is 0.344. The first-order chi connectivity index (χ1) is 5.29. The van der Waals surface area contributed by atoms with Crippen LogP contribution in [0.4, 0.5) is 0 Å². The van der Waals surface area contributed by atoms with Crippen molar-refractivity contribution in [2.75, 3.05) is 20.6 Å². The summed E-state index contributed by atoms with van der Waals surface area (Å²) in [7, 11) is 4.05. The van der Waals surface area contributed by atoms with Gasteiger partial charge in [0, 0.05) is 12.6 Å². The van der Waals surface area contributed by atoms with Gasteiger partial charge in [-0.15, -0.1) is 0 Å². The molecule has 2 heteroatoms. The fraction of sp³-hybridized carbons (Fsp3) is 1.00. The van der Waals surface area contributed by atoms with Gasteiger partial charge in [0.05, 0.1) is 0 Å². The van der Waals surface area contributed by atoms with Crippen LogP contribution in [0.2, 0.25) is 0 Å². The van der Waals surface area contributed by atoms with Gasteiger partial charge < -0.3 is 10.6 Å². The molecule has 0 rings (SSSR count). The maximum Gasteiger partial charge on any atom is 0.0217 e. The van der Waals surface area contributed by atoms with Crippen molar-refractivity contribution in [2.45, 2.75) is 32.7 Å². The molecule has 0 aliphatic heterocycles. The lowest BCUT2D eigenvalue weighted by atomic mass is 9.94. The van der Waals surface area contributed by atoms with Crippen molar-refractivity contribution in [1.29, 1.82) is 0 Å². The summed E-state index contributed by atoms with van der Waals surface area (Å²) in [5.74, 6) is 0.812. The lowest BCUT2D eigenvalue weighted by Crippen LogP contribution is -2.40. The molecule has 11 heavy (non-hydrogen) atoms. The van der Waals surface area contributed by atoms with E-state index in [1.165, 1.54) is 12.8 Å². The SMILES string of the molecule is CCC(CC)C(CNC)NC. The Morgan fingerprint density at radius 2 is 1.64 bits per heavy atom. The molecule has 1 unspecified atom stereocenters. The van der Waals surface area contributed by atoms with Crippen LogP contribution in [0.1, 0.15) is 26.7 Å². The maximum atomic E-state index is 3.34. The largest absolute Gasteiger partial charge is 0.318 e. The molecule has 0 saturated carbocycles. The first-order valence-electron chi connectivity index (χ1n) is 4.61. The summed E-state index contributed by atoms with van der Waals surface area (Å²) in [5, 5.41) is 6.55. The molecule has 0 aromatic carbocycles. The third-order valence-corrected chi connectivity index (χ3v) is 2.41. The van der Waals surface area contributed by atoms with Crippen LogP contribution < -0.4 is 10.6 Å². The third kappa shape index (κ3) is 3.73. The van der Waals surface area contributed by atoms with E-state index < -0.39 is 0 Å². The van der Waals surface area contributed by atoms with Gasteiger partial charge in [-0.05, 0) is 20.0 Å².